The van der Waals surface area contributed by atoms with Crippen molar-refractivity contribution in [1.29, 1.82) is 0 Å². The maximum Gasteiger partial charge on any atom is 0.138 e. The van der Waals surface area contributed by atoms with Crippen LogP contribution in [-0.2, 0) is 9.47 Å². The summed E-state index contributed by atoms with van der Waals surface area (Å²) in [6.07, 6.45) is 0. The topological polar surface area (TPSA) is 42.5 Å². The molecule has 0 radical (unpaired) electrons. The second-order valence-electron chi connectivity index (χ2n) is 3.77. The quantitative estimate of drug-likeness (QED) is 0.498. The van der Waals surface area contributed by atoms with E-state index in [-0.39, 0.29) is 5.41 Å². The van der Waals surface area contributed by atoms with Crippen LogP contribution in [0.25, 0.3) is 0 Å². The lowest BCUT2D eigenvalue weighted by atomic mass is 10.4. The minimum Gasteiger partial charge on any atom is -0.355 e. The van der Waals surface area contributed by atoms with E-state index >= 15 is 0 Å². The van der Waals surface area contributed by atoms with Gasteiger partial charge in [-0.15, -0.1) is 0 Å². The predicted octanol–water partition coefficient (Wildman–Crippen LogP) is -0.722. The molecule has 1 saturated heterocycles. The molecule has 4 nitrogen and oxygen atoms in total. The SMILES string of the molecule is C1CNCCN1.CCOC(C)([SiH3])OCC. The van der Waals surface area contributed by atoms with E-state index in [9.17, 15) is 0 Å². The molecule has 2 N–H and O–H groups in total. The highest BCUT2D eigenvalue weighted by Gasteiger charge is 2.15. The van der Waals surface area contributed by atoms with Gasteiger partial charge in [0.15, 0.2) is 0 Å². The van der Waals surface area contributed by atoms with Gasteiger partial charge in [-0.2, -0.15) is 0 Å². The van der Waals surface area contributed by atoms with E-state index in [4.69, 9.17) is 9.47 Å². The Hall–Kier alpha value is 0.0569. The largest absolute Gasteiger partial charge is 0.355 e. The first kappa shape index (κ1) is 15.1. The summed E-state index contributed by atoms with van der Waals surface area (Å²) in [5.41, 5.74) is -0.260. The number of nitrogens with one attached hydrogen (secondary N) is 2. The predicted molar refractivity (Wildman–Crippen MR) is 67.3 cm³/mol. The molecule has 0 aromatic rings. The zero-order chi connectivity index (χ0) is 11.6. The summed E-state index contributed by atoms with van der Waals surface area (Å²) in [5.74, 6) is 0. The molecule has 0 saturated carbocycles. The number of hydrogen-bond acceptors (Lipinski definition) is 4. The van der Waals surface area contributed by atoms with Crippen molar-refractivity contribution in [3.8, 4) is 0 Å². The molecule has 92 valence electrons. The number of rotatable bonds is 4. The lowest BCUT2D eigenvalue weighted by Crippen LogP contribution is -2.39. The fraction of sp³-hybridized carbons (Fsp3) is 1.00. The van der Waals surface area contributed by atoms with Gasteiger partial charge in [-0.1, -0.05) is 0 Å². The van der Waals surface area contributed by atoms with Crippen molar-refractivity contribution in [3.63, 3.8) is 0 Å². The fourth-order valence-electron chi connectivity index (χ4n) is 1.34. The number of piperazine rings is 1. The van der Waals surface area contributed by atoms with Crippen LogP contribution in [0.4, 0.5) is 0 Å². The Balaban J connectivity index is 0.000000280. The van der Waals surface area contributed by atoms with Crippen molar-refractivity contribution < 1.29 is 9.47 Å². The van der Waals surface area contributed by atoms with Gasteiger partial charge >= 0.3 is 0 Å². The van der Waals surface area contributed by atoms with E-state index < -0.39 is 0 Å². The van der Waals surface area contributed by atoms with Gasteiger partial charge in [0.1, 0.15) is 5.41 Å². The van der Waals surface area contributed by atoms with Crippen LogP contribution in [0.2, 0.25) is 0 Å². The monoisotopic (exact) mass is 234 g/mol. The minimum atomic E-state index is -0.260. The Morgan fingerprint density at radius 2 is 1.33 bits per heavy atom. The van der Waals surface area contributed by atoms with E-state index in [0.717, 1.165) is 49.6 Å². The second kappa shape index (κ2) is 9.29. The van der Waals surface area contributed by atoms with Crippen LogP contribution in [-0.4, -0.2) is 55.0 Å². The molecule has 0 bridgehead atoms. The molecule has 1 fully saturated rings. The van der Waals surface area contributed by atoms with Crippen LogP contribution in [0, 0.1) is 0 Å². The van der Waals surface area contributed by atoms with Gasteiger partial charge in [-0.25, -0.2) is 0 Å². The average Bonchev–Trinajstić information content (AvgIpc) is 2.21. The highest BCUT2D eigenvalue weighted by Crippen LogP contribution is 2.05. The summed E-state index contributed by atoms with van der Waals surface area (Å²) in [6.45, 7) is 12.0. The van der Waals surface area contributed by atoms with Gasteiger partial charge in [0.25, 0.3) is 0 Å². The first-order valence-corrected chi connectivity index (χ1v) is 6.81. The molecule has 0 amide bonds. The highest BCUT2D eigenvalue weighted by atomic mass is 28.1. The van der Waals surface area contributed by atoms with Crippen molar-refractivity contribution in [1.82, 2.24) is 10.6 Å². The first-order valence-electron chi connectivity index (χ1n) is 5.81. The summed E-state index contributed by atoms with van der Waals surface area (Å²) >= 11 is 0. The highest BCUT2D eigenvalue weighted by molar-refractivity contribution is 6.13. The van der Waals surface area contributed by atoms with Gasteiger partial charge < -0.3 is 20.1 Å². The lowest BCUT2D eigenvalue weighted by Gasteiger charge is -2.24. The molecule has 0 spiro atoms. The molecule has 0 unspecified atom stereocenters. The van der Waals surface area contributed by atoms with Crippen LogP contribution >= 0.6 is 0 Å². The molecule has 1 heterocycles. The third-order valence-corrected chi connectivity index (χ3v) is 2.52. The fourth-order valence-corrected chi connectivity index (χ4v) is 1.92. The first-order chi connectivity index (χ1) is 7.12. The van der Waals surface area contributed by atoms with Gasteiger partial charge in [-0.05, 0) is 20.8 Å². The van der Waals surface area contributed by atoms with Crippen LogP contribution in [0.1, 0.15) is 20.8 Å². The molecule has 1 aliphatic rings. The van der Waals surface area contributed by atoms with Gasteiger partial charge in [-0.3, -0.25) is 0 Å². The van der Waals surface area contributed by atoms with Crippen molar-refractivity contribution in [2.24, 2.45) is 0 Å². The zero-order valence-corrected chi connectivity index (χ0v) is 12.6. The normalized spacial score (nSPS) is 17.0. The van der Waals surface area contributed by atoms with E-state index in [0.29, 0.717) is 0 Å². The lowest BCUT2D eigenvalue weighted by molar-refractivity contribution is -0.160. The molecule has 5 heteroatoms. The summed E-state index contributed by atoms with van der Waals surface area (Å²) < 4.78 is 10.6. The Labute approximate surface area is 96.5 Å². The Bertz CT molecular complexity index is 122. The smallest absolute Gasteiger partial charge is 0.138 e. The van der Waals surface area contributed by atoms with Crippen molar-refractivity contribution in [3.05, 3.63) is 0 Å². The third kappa shape index (κ3) is 10.3. The summed E-state index contributed by atoms with van der Waals surface area (Å²) in [5, 5.41) is 6.44. The summed E-state index contributed by atoms with van der Waals surface area (Å²) in [4.78, 5) is 0. The number of ether oxygens (including phenoxy) is 2. The zero-order valence-electron chi connectivity index (χ0n) is 10.6. The average molecular weight is 234 g/mol. The Morgan fingerprint density at radius 1 is 1.00 bits per heavy atom. The molecule has 0 atom stereocenters. The molecule has 0 aromatic heterocycles. The van der Waals surface area contributed by atoms with Crippen molar-refractivity contribution in [2.75, 3.05) is 39.4 Å². The van der Waals surface area contributed by atoms with Crippen LogP contribution in [0.5, 0.6) is 0 Å². The number of hydrogen-bond donors (Lipinski definition) is 2. The van der Waals surface area contributed by atoms with E-state index in [1.807, 2.05) is 20.8 Å². The summed E-state index contributed by atoms with van der Waals surface area (Å²) in [7, 11) is 0.923. The van der Waals surface area contributed by atoms with E-state index in [1.165, 1.54) is 0 Å². The Kier molecular flexibility index (Phi) is 9.33. The van der Waals surface area contributed by atoms with Gasteiger partial charge in [0.2, 0.25) is 0 Å². The van der Waals surface area contributed by atoms with E-state index in [1.54, 1.807) is 0 Å². The molecule has 1 aliphatic heterocycles. The minimum absolute atomic E-state index is 0.260. The molecule has 1 rings (SSSR count). The maximum atomic E-state index is 5.31. The molecular weight excluding hydrogens is 208 g/mol. The van der Waals surface area contributed by atoms with Crippen LogP contribution in [0.15, 0.2) is 0 Å². The molecule has 15 heavy (non-hydrogen) atoms. The molecule has 0 aliphatic carbocycles. The van der Waals surface area contributed by atoms with Gasteiger partial charge in [0, 0.05) is 39.4 Å². The summed E-state index contributed by atoms with van der Waals surface area (Å²) in [6, 6.07) is 0. The van der Waals surface area contributed by atoms with E-state index in [2.05, 4.69) is 10.6 Å². The third-order valence-electron chi connectivity index (χ3n) is 1.94. The van der Waals surface area contributed by atoms with Gasteiger partial charge in [0.05, 0.1) is 10.2 Å². The maximum absolute atomic E-state index is 5.31. The standard InChI is InChI=1S/C6H16O2Si.C4H10N2/c1-4-7-6(3,9)8-5-2;1-2-6-4-3-5-1/h4-5H2,1-3,9H3;5-6H,1-4H2. The second-order valence-corrected chi connectivity index (χ2v) is 5.58. The molecule has 0 aromatic carbocycles. The Morgan fingerprint density at radius 3 is 1.53 bits per heavy atom. The molecular formula is C10H26N2O2Si. The van der Waals surface area contributed by atoms with Crippen molar-refractivity contribution >= 4 is 10.2 Å². The van der Waals surface area contributed by atoms with Crippen molar-refractivity contribution in [2.45, 2.75) is 26.2 Å². The van der Waals surface area contributed by atoms with Crippen LogP contribution < -0.4 is 10.6 Å². The van der Waals surface area contributed by atoms with Crippen LogP contribution in [0.3, 0.4) is 0 Å².